The van der Waals surface area contributed by atoms with E-state index < -0.39 is 0 Å². The van der Waals surface area contributed by atoms with Gasteiger partial charge in [-0.2, -0.15) is 0 Å². The maximum Gasteiger partial charge on any atom is 0.195 e. The van der Waals surface area contributed by atoms with Crippen LogP contribution in [0.25, 0.3) is 0 Å². The van der Waals surface area contributed by atoms with E-state index in [2.05, 4.69) is 6.26 Å². The Hall–Kier alpha value is -0.920. The van der Waals surface area contributed by atoms with Crippen LogP contribution in [0, 0.1) is 6.26 Å². The van der Waals surface area contributed by atoms with Gasteiger partial charge in [0.05, 0.1) is 0 Å². The Kier molecular flexibility index (Phi) is 1.24. The molecular formula is C6H8NO. The van der Waals surface area contributed by atoms with E-state index >= 15 is 0 Å². The molecule has 1 aromatic heterocycles. The molecule has 0 saturated carbocycles. The van der Waals surface area contributed by atoms with Gasteiger partial charge in [-0.3, -0.25) is 0 Å². The average Bonchev–Trinajstić information content (AvgIpc) is 2.12. The Bertz CT molecular complexity index is 144. The van der Waals surface area contributed by atoms with E-state index in [9.17, 15) is 0 Å². The summed E-state index contributed by atoms with van der Waals surface area (Å²) in [6, 6.07) is 3.61. The molecule has 0 N–H and O–H groups in total. The van der Waals surface area contributed by atoms with E-state index in [0.29, 0.717) is 0 Å². The van der Waals surface area contributed by atoms with Crippen LogP contribution in [-0.2, 0) is 0 Å². The summed E-state index contributed by atoms with van der Waals surface area (Å²) in [4.78, 5) is 1.89. The van der Waals surface area contributed by atoms with Crippen molar-refractivity contribution in [1.29, 1.82) is 0 Å². The summed E-state index contributed by atoms with van der Waals surface area (Å²) < 4.78 is 4.90. The smallest absolute Gasteiger partial charge is 0.195 e. The first kappa shape index (κ1) is 5.22. The van der Waals surface area contributed by atoms with Crippen molar-refractivity contribution in [3.05, 3.63) is 18.4 Å². The number of hydrogen-bond donors (Lipinski definition) is 0. The SMILES string of the molecule is CN(C)c1cc[c]o1. The standard InChI is InChI=1S/C6H8NO/c1-7(2)6-4-3-5-8-6/h3-4H,1-2H3. The third-order valence-corrected chi connectivity index (χ3v) is 0.898. The molecule has 0 aliphatic heterocycles. The first-order chi connectivity index (χ1) is 3.80. The van der Waals surface area contributed by atoms with Gasteiger partial charge in [-0.1, -0.05) is 0 Å². The molecule has 0 bridgehead atoms. The minimum absolute atomic E-state index is 0.838. The van der Waals surface area contributed by atoms with E-state index in [4.69, 9.17) is 4.42 Å². The van der Waals surface area contributed by atoms with Gasteiger partial charge in [-0.15, -0.1) is 0 Å². The second-order valence-corrected chi connectivity index (χ2v) is 1.79. The third kappa shape index (κ3) is 0.832. The summed E-state index contributed by atoms with van der Waals surface area (Å²) >= 11 is 0. The quantitative estimate of drug-likeness (QED) is 0.539. The highest BCUT2D eigenvalue weighted by Crippen LogP contribution is 2.08. The third-order valence-electron chi connectivity index (χ3n) is 0.898. The Labute approximate surface area is 48.7 Å². The second kappa shape index (κ2) is 1.90. The zero-order chi connectivity index (χ0) is 5.98. The molecular weight excluding hydrogens is 102 g/mol. The summed E-state index contributed by atoms with van der Waals surface area (Å²) in [5, 5.41) is 0. The molecule has 0 unspecified atom stereocenters. The fourth-order valence-electron chi connectivity index (χ4n) is 0.474. The van der Waals surface area contributed by atoms with Crippen molar-refractivity contribution in [2.75, 3.05) is 19.0 Å². The molecule has 2 nitrogen and oxygen atoms in total. The van der Waals surface area contributed by atoms with Crippen LogP contribution in [0.3, 0.4) is 0 Å². The lowest BCUT2D eigenvalue weighted by molar-refractivity contribution is 0.556. The minimum atomic E-state index is 0.838. The van der Waals surface area contributed by atoms with Crippen LogP contribution in [0.5, 0.6) is 0 Å². The van der Waals surface area contributed by atoms with Crippen molar-refractivity contribution < 1.29 is 4.42 Å². The summed E-state index contributed by atoms with van der Waals surface area (Å²) in [5.74, 6) is 0.838. The summed E-state index contributed by atoms with van der Waals surface area (Å²) in [5.41, 5.74) is 0. The first-order valence-electron chi connectivity index (χ1n) is 2.44. The molecule has 0 saturated heterocycles. The summed E-state index contributed by atoms with van der Waals surface area (Å²) in [6.07, 6.45) is 2.59. The van der Waals surface area contributed by atoms with Gasteiger partial charge in [-0.05, 0) is 6.07 Å². The zero-order valence-corrected chi connectivity index (χ0v) is 5.01. The van der Waals surface area contributed by atoms with Gasteiger partial charge in [0.25, 0.3) is 0 Å². The van der Waals surface area contributed by atoms with Gasteiger partial charge >= 0.3 is 0 Å². The van der Waals surface area contributed by atoms with Crippen LogP contribution >= 0.6 is 0 Å². The number of hydrogen-bond acceptors (Lipinski definition) is 2. The molecule has 2 heteroatoms. The molecule has 0 amide bonds. The van der Waals surface area contributed by atoms with Crippen molar-refractivity contribution in [2.24, 2.45) is 0 Å². The van der Waals surface area contributed by atoms with Gasteiger partial charge in [0.2, 0.25) is 0 Å². The lowest BCUT2D eigenvalue weighted by Crippen LogP contribution is -2.06. The van der Waals surface area contributed by atoms with Crippen molar-refractivity contribution in [3.63, 3.8) is 0 Å². The fraction of sp³-hybridized carbons (Fsp3) is 0.333. The number of furan rings is 1. The minimum Gasteiger partial charge on any atom is -0.437 e. The lowest BCUT2D eigenvalue weighted by atomic mass is 10.6. The van der Waals surface area contributed by atoms with Crippen LogP contribution in [0.4, 0.5) is 5.88 Å². The molecule has 0 spiro atoms. The topological polar surface area (TPSA) is 16.4 Å². The van der Waals surface area contributed by atoms with E-state index in [0.717, 1.165) is 5.88 Å². The Morgan fingerprint density at radius 2 is 2.38 bits per heavy atom. The predicted molar refractivity (Wildman–Crippen MR) is 31.9 cm³/mol. The molecule has 1 aromatic rings. The van der Waals surface area contributed by atoms with Gasteiger partial charge in [0, 0.05) is 20.2 Å². The monoisotopic (exact) mass is 110 g/mol. The van der Waals surface area contributed by atoms with Gasteiger partial charge in [0.15, 0.2) is 12.1 Å². The van der Waals surface area contributed by atoms with Gasteiger partial charge in [-0.25, -0.2) is 0 Å². The Balaban J connectivity index is 2.77. The van der Waals surface area contributed by atoms with Crippen LogP contribution in [0.1, 0.15) is 0 Å². The van der Waals surface area contributed by atoms with E-state index in [1.54, 1.807) is 6.07 Å². The van der Waals surface area contributed by atoms with Crippen molar-refractivity contribution in [2.45, 2.75) is 0 Å². The maximum atomic E-state index is 4.90. The highest BCUT2D eigenvalue weighted by molar-refractivity contribution is 5.30. The molecule has 0 fully saturated rings. The largest absolute Gasteiger partial charge is 0.437 e. The molecule has 0 atom stereocenters. The van der Waals surface area contributed by atoms with Crippen LogP contribution in [0.2, 0.25) is 0 Å². The molecule has 8 heavy (non-hydrogen) atoms. The summed E-state index contributed by atoms with van der Waals surface area (Å²) in [7, 11) is 3.85. The average molecular weight is 110 g/mol. The van der Waals surface area contributed by atoms with Crippen LogP contribution in [-0.4, -0.2) is 14.1 Å². The predicted octanol–water partition coefficient (Wildman–Crippen LogP) is 1.15. The highest BCUT2D eigenvalue weighted by atomic mass is 16.3. The van der Waals surface area contributed by atoms with Crippen molar-refractivity contribution >= 4 is 5.88 Å². The number of anilines is 1. The highest BCUT2D eigenvalue weighted by Gasteiger charge is 1.93. The van der Waals surface area contributed by atoms with Crippen LogP contribution in [0.15, 0.2) is 16.5 Å². The first-order valence-corrected chi connectivity index (χ1v) is 2.44. The van der Waals surface area contributed by atoms with E-state index in [-0.39, 0.29) is 0 Å². The molecule has 1 rings (SSSR count). The second-order valence-electron chi connectivity index (χ2n) is 1.79. The molecule has 0 aromatic carbocycles. The molecule has 43 valence electrons. The Morgan fingerprint density at radius 1 is 1.62 bits per heavy atom. The maximum absolute atomic E-state index is 4.90. The fourth-order valence-corrected chi connectivity index (χ4v) is 0.474. The normalized spacial score (nSPS) is 9.25. The zero-order valence-electron chi connectivity index (χ0n) is 5.01. The number of rotatable bonds is 1. The number of nitrogens with zero attached hydrogens (tertiary/aromatic N) is 1. The summed E-state index contributed by atoms with van der Waals surface area (Å²) in [6.45, 7) is 0. The molecule has 0 aliphatic rings. The van der Waals surface area contributed by atoms with Crippen molar-refractivity contribution in [1.82, 2.24) is 0 Å². The van der Waals surface area contributed by atoms with E-state index in [1.165, 1.54) is 0 Å². The molecule has 1 heterocycles. The molecule has 1 radical (unpaired) electrons. The van der Waals surface area contributed by atoms with Crippen LogP contribution < -0.4 is 4.90 Å². The molecule has 0 aliphatic carbocycles. The Morgan fingerprint density at radius 3 is 2.62 bits per heavy atom. The van der Waals surface area contributed by atoms with E-state index in [1.807, 2.05) is 25.1 Å². The van der Waals surface area contributed by atoms with Gasteiger partial charge in [0.1, 0.15) is 0 Å². The van der Waals surface area contributed by atoms with Crippen molar-refractivity contribution in [3.8, 4) is 0 Å². The lowest BCUT2D eigenvalue weighted by Gasteiger charge is -2.04. The van der Waals surface area contributed by atoms with Gasteiger partial charge < -0.3 is 9.32 Å².